The van der Waals surface area contributed by atoms with Crippen LogP contribution < -0.4 is 0 Å². The Morgan fingerprint density at radius 1 is 1.12 bits per heavy atom. The van der Waals surface area contributed by atoms with Crippen molar-refractivity contribution in [3.05, 3.63) is 11.1 Å². The van der Waals surface area contributed by atoms with Gasteiger partial charge in [-0.3, -0.25) is 10.1 Å². The van der Waals surface area contributed by atoms with Gasteiger partial charge in [-0.05, 0) is 62.9 Å². The molecule has 2 fully saturated rings. The fourth-order valence-corrected chi connectivity index (χ4v) is 4.70. The molecule has 4 atom stereocenters. The van der Waals surface area contributed by atoms with Crippen LogP contribution in [0.25, 0.3) is 0 Å². The van der Waals surface area contributed by atoms with Gasteiger partial charge in [-0.15, -0.1) is 0 Å². The van der Waals surface area contributed by atoms with Crippen LogP contribution in [0.15, 0.2) is 11.1 Å². The maximum absolute atomic E-state index is 12.5. The molecule has 0 amide bonds. The van der Waals surface area contributed by atoms with E-state index >= 15 is 0 Å². The molecule has 0 aromatic heterocycles. The Balaban J connectivity index is 1.53. The van der Waals surface area contributed by atoms with Crippen LogP contribution >= 0.6 is 0 Å². The van der Waals surface area contributed by atoms with Crippen LogP contribution in [0.4, 0.5) is 0 Å². The Labute approximate surface area is 148 Å². The smallest absolute Gasteiger partial charge is 0.334 e. The van der Waals surface area contributed by atoms with E-state index in [1.807, 2.05) is 20.8 Å². The zero-order chi connectivity index (χ0) is 18.2. The van der Waals surface area contributed by atoms with Crippen molar-refractivity contribution in [1.82, 2.24) is 0 Å². The molecule has 0 aliphatic heterocycles. The largest absolute Gasteiger partial charge is 0.462 e. The first-order valence-electron chi connectivity index (χ1n) is 9.24. The van der Waals surface area contributed by atoms with Crippen LogP contribution in [-0.4, -0.2) is 37.0 Å². The topological polar surface area (TPSA) is 82.1 Å². The summed E-state index contributed by atoms with van der Waals surface area (Å²) in [4.78, 5) is 28.7. The molecule has 3 aliphatic carbocycles. The van der Waals surface area contributed by atoms with Gasteiger partial charge in [0.2, 0.25) is 0 Å². The first kappa shape index (κ1) is 18.4. The maximum Gasteiger partial charge on any atom is 0.334 e. The molecule has 0 saturated heterocycles. The number of hydrogen-bond acceptors (Lipinski definition) is 6. The summed E-state index contributed by atoms with van der Waals surface area (Å²) in [7, 11) is 0. The standard InChI is InChI=1S/C19H28O6/c1-4-19(2,3)18(21)24-8-7-23-17(20)16-13(10-25-22)14-11-5-6-12(9-11)15(14)16/h11-12,14-15,22H,4-10H2,1-3H3. The first-order chi connectivity index (χ1) is 11.9. The molecular weight excluding hydrogens is 324 g/mol. The van der Waals surface area contributed by atoms with E-state index in [2.05, 4.69) is 4.89 Å². The molecule has 1 N–H and O–H groups in total. The maximum atomic E-state index is 12.5. The minimum absolute atomic E-state index is 0.0482. The van der Waals surface area contributed by atoms with E-state index in [0.717, 1.165) is 12.0 Å². The molecule has 140 valence electrons. The molecule has 6 nitrogen and oxygen atoms in total. The fourth-order valence-electron chi connectivity index (χ4n) is 4.70. The van der Waals surface area contributed by atoms with Crippen LogP contribution in [0.1, 0.15) is 46.5 Å². The molecule has 25 heavy (non-hydrogen) atoms. The van der Waals surface area contributed by atoms with Crippen molar-refractivity contribution in [3.63, 3.8) is 0 Å². The molecule has 2 saturated carbocycles. The summed E-state index contributed by atoms with van der Waals surface area (Å²) in [5, 5.41) is 8.82. The Kier molecular flexibility index (Phi) is 5.21. The molecule has 3 aliphatic rings. The number of carbonyl (C=O) groups excluding carboxylic acids is 2. The van der Waals surface area contributed by atoms with Gasteiger partial charge in [-0.2, -0.15) is 0 Å². The van der Waals surface area contributed by atoms with Crippen LogP contribution in [0.2, 0.25) is 0 Å². The number of esters is 2. The molecule has 0 heterocycles. The molecule has 3 rings (SSSR count). The van der Waals surface area contributed by atoms with Gasteiger partial charge < -0.3 is 9.47 Å². The average Bonchev–Trinajstić information content (AvgIpc) is 3.14. The summed E-state index contributed by atoms with van der Waals surface area (Å²) in [5.74, 6) is 1.18. The van der Waals surface area contributed by atoms with Crippen LogP contribution in [-0.2, 0) is 24.0 Å². The summed E-state index contributed by atoms with van der Waals surface area (Å²) < 4.78 is 10.5. The number of ether oxygens (including phenoxy) is 2. The molecule has 0 spiro atoms. The predicted molar refractivity (Wildman–Crippen MR) is 89.4 cm³/mol. The molecule has 2 bridgehead atoms. The highest BCUT2D eigenvalue weighted by atomic mass is 17.1. The number of fused-ring (bicyclic) bond motifs is 5. The lowest BCUT2D eigenvalue weighted by atomic mass is 9.61. The monoisotopic (exact) mass is 352 g/mol. The molecule has 4 unspecified atom stereocenters. The van der Waals surface area contributed by atoms with Crippen molar-refractivity contribution in [2.75, 3.05) is 19.8 Å². The van der Waals surface area contributed by atoms with E-state index in [4.69, 9.17) is 14.7 Å². The second kappa shape index (κ2) is 7.08. The lowest BCUT2D eigenvalue weighted by molar-refractivity contribution is -0.237. The van der Waals surface area contributed by atoms with Gasteiger partial charge in [0.15, 0.2) is 0 Å². The number of carbonyl (C=O) groups is 2. The van der Waals surface area contributed by atoms with Gasteiger partial charge in [0.25, 0.3) is 0 Å². The highest BCUT2D eigenvalue weighted by Gasteiger charge is 2.58. The third kappa shape index (κ3) is 3.22. The van der Waals surface area contributed by atoms with E-state index in [9.17, 15) is 9.59 Å². The van der Waals surface area contributed by atoms with Crippen LogP contribution in [0, 0.1) is 29.1 Å². The van der Waals surface area contributed by atoms with Crippen LogP contribution in [0.5, 0.6) is 0 Å². The van der Waals surface area contributed by atoms with Crippen molar-refractivity contribution < 1.29 is 29.2 Å². The van der Waals surface area contributed by atoms with E-state index in [0.29, 0.717) is 29.7 Å². The normalized spacial score (nSPS) is 30.1. The lowest BCUT2D eigenvalue weighted by Gasteiger charge is -2.43. The second-order valence-electron chi connectivity index (χ2n) is 8.11. The van der Waals surface area contributed by atoms with E-state index in [1.54, 1.807) is 0 Å². The third-order valence-electron chi connectivity index (χ3n) is 6.42. The van der Waals surface area contributed by atoms with Crippen molar-refractivity contribution >= 4 is 11.9 Å². The van der Waals surface area contributed by atoms with E-state index < -0.39 is 5.41 Å². The minimum Gasteiger partial charge on any atom is -0.462 e. The summed E-state index contributed by atoms with van der Waals surface area (Å²) in [6.45, 7) is 5.78. The highest BCUT2D eigenvalue weighted by molar-refractivity contribution is 5.92. The van der Waals surface area contributed by atoms with Gasteiger partial charge >= 0.3 is 11.9 Å². The quantitative estimate of drug-likeness (QED) is 0.313. The number of hydrogen-bond donors (Lipinski definition) is 1. The van der Waals surface area contributed by atoms with Gasteiger partial charge in [-0.25, -0.2) is 9.68 Å². The molecule has 0 aromatic carbocycles. The highest BCUT2D eigenvalue weighted by Crippen LogP contribution is 2.63. The molecule has 0 aromatic rings. The summed E-state index contributed by atoms with van der Waals surface area (Å²) in [5.41, 5.74) is 1.06. The first-order valence-corrected chi connectivity index (χ1v) is 9.24. The Hall–Kier alpha value is -1.40. The van der Waals surface area contributed by atoms with Crippen LogP contribution in [0.3, 0.4) is 0 Å². The van der Waals surface area contributed by atoms with Crippen molar-refractivity contribution in [3.8, 4) is 0 Å². The zero-order valence-corrected chi connectivity index (χ0v) is 15.2. The fraction of sp³-hybridized carbons (Fsp3) is 0.789. The van der Waals surface area contributed by atoms with Gasteiger partial charge in [-0.1, -0.05) is 6.92 Å². The molecular formula is C19H28O6. The van der Waals surface area contributed by atoms with Gasteiger partial charge in [0, 0.05) is 11.5 Å². The Morgan fingerprint density at radius 2 is 1.76 bits per heavy atom. The summed E-state index contributed by atoms with van der Waals surface area (Å²) in [6, 6.07) is 0. The Morgan fingerprint density at radius 3 is 2.40 bits per heavy atom. The SMILES string of the molecule is CCC(C)(C)C(=O)OCCOC(=O)C1=C(COO)C2C3CCC(C3)C12. The molecule has 0 radical (unpaired) electrons. The average molecular weight is 352 g/mol. The van der Waals surface area contributed by atoms with E-state index in [1.165, 1.54) is 12.8 Å². The summed E-state index contributed by atoms with van der Waals surface area (Å²) >= 11 is 0. The second-order valence-corrected chi connectivity index (χ2v) is 8.11. The Bertz CT molecular complexity index is 578. The zero-order valence-electron chi connectivity index (χ0n) is 15.2. The third-order valence-corrected chi connectivity index (χ3v) is 6.42. The molecule has 6 heteroatoms. The summed E-state index contributed by atoms with van der Waals surface area (Å²) in [6.07, 6.45) is 4.21. The minimum atomic E-state index is -0.525. The predicted octanol–water partition coefficient (Wildman–Crippen LogP) is 2.97. The van der Waals surface area contributed by atoms with E-state index in [-0.39, 0.29) is 37.7 Å². The van der Waals surface area contributed by atoms with Crippen molar-refractivity contribution in [2.24, 2.45) is 29.1 Å². The van der Waals surface area contributed by atoms with Gasteiger partial charge in [0.05, 0.1) is 5.41 Å². The van der Waals surface area contributed by atoms with Gasteiger partial charge in [0.1, 0.15) is 19.8 Å². The van der Waals surface area contributed by atoms with Crippen molar-refractivity contribution in [1.29, 1.82) is 0 Å². The number of rotatable bonds is 8. The lowest BCUT2D eigenvalue weighted by Crippen LogP contribution is -2.41. The van der Waals surface area contributed by atoms with Crippen molar-refractivity contribution in [2.45, 2.75) is 46.5 Å².